The average molecular weight is 356 g/mol. The fraction of sp³-hybridized carbons (Fsp3) is 1.00. The molecule has 15 heteroatoms. The van der Waals surface area contributed by atoms with Crippen LogP contribution in [0.2, 0.25) is 0 Å². The number of halogens is 14. The van der Waals surface area contributed by atoms with Crippen LogP contribution in [0, 0.1) is 0 Å². The first-order valence-electron chi connectivity index (χ1n) is 3.98. The van der Waals surface area contributed by atoms with Gasteiger partial charge in [-0.3, -0.25) is 0 Å². The largest absolute Gasteiger partial charge is 0.458 e. The Balaban J connectivity index is 0. The lowest BCUT2D eigenvalue weighted by molar-refractivity contribution is -0.417. The van der Waals surface area contributed by atoms with Gasteiger partial charge in [0.1, 0.15) is 0 Å². The van der Waals surface area contributed by atoms with Crippen LogP contribution in [-0.2, 0) is 0 Å². The maximum absolute atomic E-state index is 11.4. The van der Waals surface area contributed by atoms with E-state index in [2.05, 4.69) is 0 Å². The summed E-state index contributed by atoms with van der Waals surface area (Å²) in [4.78, 5) is 0. The van der Waals surface area contributed by atoms with Crippen molar-refractivity contribution in [1.29, 1.82) is 0 Å². The third kappa shape index (κ3) is 6.52. The van der Waals surface area contributed by atoms with Crippen molar-refractivity contribution in [1.82, 2.24) is 0 Å². The minimum Gasteiger partial charge on any atom is -0.348 e. The molecule has 0 aromatic carbocycles. The molecule has 0 aliphatic carbocycles. The summed E-state index contributed by atoms with van der Waals surface area (Å²) < 4.78 is 154. The Morgan fingerprint density at radius 1 is 0.524 bits per heavy atom. The van der Waals surface area contributed by atoms with E-state index in [4.69, 9.17) is 5.11 Å². The van der Waals surface area contributed by atoms with Crippen LogP contribution in [0.5, 0.6) is 0 Å². The molecule has 0 bridgehead atoms. The molecule has 0 radical (unpaired) electrons. The number of hydrogen-bond acceptors (Lipinski definition) is 1. The molecule has 0 aliphatic rings. The number of alkyl halides is 14. The van der Waals surface area contributed by atoms with Crippen LogP contribution in [0.1, 0.15) is 0 Å². The van der Waals surface area contributed by atoms with Crippen LogP contribution in [0.15, 0.2) is 0 Å². The molecular weight excluding hydrogens is 354 g/mol. The zero-order valence-electron chi connectivity index (χ0n) is 8.82. The Morgan fingerprint density at radius 3 is 0.714 bits per heavy atom. The monoisotopic (exact) mass is 356 g/mol. The molecule has 0 heterocycles. The van der Waals surface area contributed by atoms with Gasteiger partial charge in [-0.25, -0.2) is 4.39 Å². The Labute approximate surface area is 105 Å². The second-order valence-corrected chi connectivity index (χ2v) is 3.06. The molecule has 0 aromatic heterocycles. The Bertz CT molecular complexity index is 284. The molecule has 130 valence electrons. The predicted octanol–water partition coefficient (Wildman–Crippen LogP) is 4.22. The maximum atomic E-state index is 11.4. The molecule has 0 fully saturated rings. The summed E-state index contributed by atoms with van der Waals surface area (Å²) in [7, 11) is 0. The van der Waals surface area contributed by atoms with Gasteiger partial charge in [0.25, 0.3) is 6.17 Å². The first-order valence-corrected chi connectivity index (χ1v) is 3.98. The zero-order valence-corrected chi connectivity index (χ0v) is 8.82. The van der Waals surface area contributed by atoms with E-state index in [1.807, 2.05) is 0 Å². The van der Waals surface area contributed by atoms with E-state index in [0.717, 1.165) is 0 Å². The van der Waals surface area contributed by atoms with Crippen LogP contribution in [0.4, 0.5) is 61.5 Å². The molecule has 0 saturated carbocycles. The quantitative estimate of drug-likeness (QED) is 0.645. The van der Waals surface area contributed by atoms with Crippen molar-refractivity contribution in [3.8, 4) is 0 Å². The van der Waals surface area contributed by atoms with E-state index >= 15 is 0 Å². The van der Waals surface area contributed by atoms with Crippen LogP contribution in [0.3, 0.4) is 0 Å². The number of hydrogen-bond donors (Lipinski definition) is 1. The standard InChI is InChI=1S/C3HF7O.C3HF7/c4-1(11,2(5,6)7)3(8,9)10;4-1(2(5,6)7)3(8,9)10/h11H;1H. The lowest BCUT2D eigenvalue weighted by Crippen LogP contribution is -2.52. The van der Waals surface area contributed by atoms with Gasteiger partial charge in [-0.1, -0.05) is 0 Å². The summed E-state index contributed by atoms with van der Waals surface area (Å²) in [5.74, 6) is -6.12. The van der Waals surface area contributed by atoms with Gasteiger partial charge in [0.2, 0.25) is 0 Å². The highest BCUT2D eigenvalue weighted by Crippen LogP contribution is 2.43. The van der Waals surface area contributed by atoms with Crippen LogP contribution in [-0.4, -0.2) is 41.8 Å². The van der Waals surface area contributed by atoms with Gasteiger partial charge in [0, 0.05) is 0 Å². The third-order valence-electron chi connectivity index (χ3n) is 1.33. The summed E-state index contributed by atoms with van der Waals surface area (Å²) in [5.41, 5.74) is 0. The minimum atomic E-state index is -6.36. The van der Waals surface area contributed by atoms with Crippen molar-refractivity contribution in [2.75, 3.05) is 0 Å². The summed E-state index contributed by atoms with van der Waals surface area (Å²) in [6.45, 7) is 0. The van der Waals surface area contributed by atoms with Gasteiger partial charge in [-0.05, 0) is 0 Å². The SMILES string of the molecule is FC(C(F)(F)F)C(F)(F)F.OC(F)(C(F)(F)F)C(F)(F)F. The average Bonchev–Trinajstić information content (AvgIpc) is 2.11. The highest BCUT2D eigenvalue weighted by molar-refractivity contribution is 4.82. The van der Waals surface area contributed by atoms with Gasteiger partial charge in [-0.15, -0.1) is 0 Å². The number of aliphatic hydroxyl groups is 1. The molecule has 0 amide bonds. The fourth-order valence-corrected chi connectivity index (χ4v) is 0.346. The molecular formula is C6H2F14O. The minimum absolute atomic E-state index is 4.74. The van der Waals surface area contributed by atoms with Crippen LogP contribution in [0.25, 0.3) is 0 Å². The molecule has 0 spiro atoms. The number of rotatable bonds is 0. The second kappa shape index (κ2) is 6.00. The van der Waals surface area contributed by atoms with Gasteiger partial charge in [0.05, 0.1) is 0 Å². The van der Waals surface area contributed by atoms with E-state index in [1.165, 1.54) is 0 Å². The lowest BCUT2D eigenvalue weighted by atomic mass is 10.3. The normalized spacial score (nSPS) is 14.9. The van der Waals surface area contributed by atoms with Crippen LogP contribution >= 0.6 is 0 Å². The molecule has 21 heavy (non-hydrogen) atoms. The summed E-state index contributed by atoms with van der Waals surface area (Å²) in [6, 6.07) is 0. The van der Waals surface area contributed by atoms with E-state index in [-0.39, 0.29) is 0 Å². The summed E-state index contributed by atoms with van der Waals surface area (Å²) >= 11 is 0. The van der Waals surface area contributed by atoms with Crippen molar-refractivity contribution in [2.24, 2.45) is 0 Å². The fourth-order valence-electron chi connectivity index (χ4n) is 0.346. The molecule has 1 N–H and O–H groups in total. The molecule has 1 nitrogen and oxygen atoms in total. The maximum Gasteiger partial charge on any atom is 0.458 e. The second-order valence-electron chi connectivity index (χ2n) is 3.06. The predicted molar refractivity (Wildman–Crippen MR) is 35.2 cm³/mol. The van der Waals surface area contributed by atoms with Gasteiger partial charge in [0.15, 0.2) is 0 Å². The molecule has 0 atom stereocenters. The Kier molecular flexibility index (Phi) is 6.36. The van der Waals surface area contributed by atoms with Crippen molar-refractivity contribution < 1.29 is 66.6 Å². The molecule has 0 unspecified atom stereocenters. The van der Waals surface area contributed by atoms with Gasteiger partial charge < -0.3 is 5.11 Å². The topological polar surface area (TPSA) is 20.2 Å². The van der Waals surface area contributed by atoms with Crippen LogP contribution < -0.4 is 0 Å². The highest BCUT2D eigenvalue weighted by atomic mass is 19.4. The van der Waals surface area contributed by atoms with Gasteiger partial charge >= 0.3 is 30.6 Å². The van der Waals surface area contributed by atoms with Crippen molar-refractivity contribution in [2.45, 2.75) is 36.7 Å². The third-order valence-corrected chi connectivity index (χ3v) is 1.33. The first-order chi connectivity index (χ1) is 8.65. The van der Waals surface area contributed by atoms with Gasteiger partial charge in [-0.2, -0.15) is 57.1 Å². The molecule has 0 rings (SSSR count). The molecule has 0 saturated heterocycles. The Morgan fingerprint density at radius 2 is 0.714 bits per heavy atom. The first kappa shape index (κ1) is 22.3. The van der Waals surface area contributed by atoms with E-state index in [9.17, 15) is 61.5 Å². The molecule has 0 aromatic rings. The Hall–Kier alpha value is -1.02. The summed E-state index contributed by atoms with van der Waals surface area (Å²) in [6.07, 6.45) is -29.1. The summed E-state index contributed by atoms with van der Waals surface area (Å²) in [5, 5.41) is 7.27. The molecule has 0 aliphatic heterocycles. The van der Waals surface area contributed by atoms with E-state index < -0.39 is 36.7 Å². The zero-order chi connectivity index (χ0) is 18.1. The van der Waals surface area contributed by atoms with E-state index in [1.54, 1.807) is 0 Å². The van der Waals surface area contributed by atoms with Crippen molar-refractivity contribution in [3.63, 3.8) is 0 Å². The smallest absolute Gasteiger partial charge is 0.348 e. The highest BCUT2D eigenvalue weighted by Gasteiger charge is 2.72. The van der Waals surface area contributed by atoms with Crippen molar-refractivity contribution in [3.05, 3.63) is 0 Å². The van der Waals surface area contributed by atoms with Crippen molar-refractivity contribution >= 4 is 0 Å². The lowest BCUT2D eigenvalue weighted by Gasteiger charge is -2.23. The van der Waals surface area contributed by atoms with E-state index in [0.29, 0.717) is 0 Å².